The van der Waals surface area contributed by atoms with Gasteiger partial charge >= 0.3 is 0 Å². The van der Waals surface area contributed by atoms with Crippen LogP contribution in [0.4, 0.5) is 0 Å². The van der Waals surface area contributed by atoms with Gasteiger partial charge in [-0.2, -0.15) is 0 Å². The highest BCUT2D eigenvalue weighted by atomic mass is 16.3. The second kappa shape index (κ2) is 1.97. The van der Waals surface area contributed by atoms with E-state index in [0.29, 0.717) is 5.92 Å². The fourth-order valence-electron chi connectivity index (χ4n) is 1.71. The maximum Gasteiger partial charge on any atom is 0.0673 e. The lowest BCUT2D eigenvalue weighted by atomic mass is 9.74. The van der Waals surface area contributed by atoms with Crippen LogP contribution in [-0.4, -0.2) is 10.7 Å². The van der Waals surface area contributed by atoms with E-state index in [0.717, 1.165) is 6.42 Å². The first-order chi connectivity index (χ1) is 4.38. The van der Waals surface area contributed by atoms with Crippen LogP contribution in [0.2, 0.25) is 0 Å². The Labute approximate surface area is 63.4 Å². The third-order valence-corrected chi connectivity index (χ3v) is 3.68. The van der Waals surface area contributed by atoms with Crippen molar-refractivity contribution in [3.8, 4) is 0 Å². The Morgan fingerprint density at radius 2 is 1.80 bits per heavy atom. The molecule has 0 bridgehead atoms. The average molecular weight is 142 g/mol. The van der Waals surface area contributed by atoms with E-state index in [2.05, 4.69) is 20.8 Å². The molecule has 0 aromatic rings. The fourth-order valence-corrected chi connectivity index (χ4v) is 1.71. The Morgan fingerprint density at radius 3 is 1.90 bits per heavy atom. The van der Waals surface area contributed by atoms with Crippen molar-refractivity contribution in [3.63, 3.8) is 0 Å². The molecular formula is C9H18O. The van der Waals surface area contributed by atoms with Gasteiger partial charge in [0.1, 0.15) is 0 Å². The zero-order chi connectivity index (χ0) is 7.99. The molecule has 0 amide bonds. The molecule has 1 fully saturated rings. The van der Waals surface area contributed by atoms with Crippen molar-refractivity contribution in [2.45, 2.75) is 46.1 Å². The maximum atomic E-state index is 9.89. The van der Waals surface area contributed by atoms with E-state index in [1.54, 1.807) is 0 Å². The zero-order valence-electron chi connectivity index (χ0n) is 7.44. The van der Waals surface area contributed by atoms with E-state index >= 15 is 0 Å². The molecule has 10 heavy (non-hydrogen) atoms. The molecule has 60 valence electrons. The minimum Gasteiger partial charge on any atom is -0.390 e. The van der Waals surface area contributed by atoms with Gasteiger partial charge in [-0.25, -0.2) is 0 Å². The van der Waals surface area contributed by atoms with Crippen LogP contribution >= 0.6 is 0 Å². The summed E-state index contributed by atoms with van der Waals surface area (Å²) >= 11 is 0. The molecule has 1 rings (SSSR count). The van der Waals surface area contributed by atoms with Gasteiger partial charge in [-0.1, -0.05) is 20.8 Å². The number of hydrogen-bond donors (Lipinski definition) is 1. The lowest BCUT2D eigenvalue weighted by Gasteiger charge is -2.36. The summed E-state index contributed by atoms with van der Waals surface area (Å²) in [5, 5.41) is 9.89. The summed E-state index contributed by atoms with van der Waals surface area (Å²) in [6.45, 7) is 8.49. The van der Waals surface area contributed by atoms with Crippen molar-refractivity contribution in [1.82, 2.24) is 0 Å². The Balaban J connectivity index is 2.84. The molecule has 1 aliphatic carbocycles. The van der Waals surface area contributed by atoms with Crippen LogP contribution in [0.3, 0.4) is 0 Å². The van der Waals surface area contributed by atoms with Gasteiger partial charge < -0.3 is 5.11 Å². The number of aliphatic hydroxyl groups is 1. The molecule has 0 heterocycles. The monoisotopic (exact) mass is 142 g/mol. The highest BCUT2D eigenvalue weighted by molar-refractivity contribution is 4.98. The molecule has 0 saturated heterocycles. The first-order valence-electron chi connectivity index (χ1n) is 4.10. The van der Waals surface area contributed by atoms with Gasteiger partial charge in [0.2, 0.25) is 0 Å². The van der Waals surface area contributed by atoms with Crippen molar-refractivity contribution in [2.24, 2.45) is 11.3 Å². The second-order valence-corrected chi connectivity index (χ2v) is 4.44. The standard InChI is InChI=1S/C9H18O/c1-7-5-6-9(4,10)8(7,2)3/h7,10H,5-6H2,1-4H3/t7-,9+/m1/s1. The largest absolute Gasteiger partial charge is 0.390 e. The SMILES string of the molecule is C[C@@H]1CC[C@](C)(O)C1(C)C. The van der Waals surface area contributed by atoms with Crippen LogP contribution in [0.25, 0.3) is 0 Å². The first-order valence-corrected chi connectivity index (χ1v) is 4.10. The summed E-state index contributed by atoms with van der Waals surface area (Å²) in [7, 11) is 0. The van der Waals surface area contributed by atoms with Gasteiger partial charge in [-0.3, -0.25) is 0 Å². The fraction of sp³-hybridized carbons (Fsp3) is 1.00. The van der Waals surface area contributed by atoms with Gasteiger partial charge in [-0.15, -0.1) is 0 Å². The quantitative estimate of drug-likeness (QED) is 0.549. The summed E-state index contributed by atoms with van der Waals surface area (Å²) in [6.07, 6.45) is 2.13. The van der Waals surface area contributed by atoms with E-state index in [4.69, 9.17) is 0 Å². The second-order valence-electron chi connectivity index (χ2n) is 4.44. The predicted octanol–water partition coefficient (Wildman–Crippen LogP) is 2.19. The minimum atomic E-state index is -0.438. The van der Waals surface area contributed by atoms with Crippen LogP contribution in [0.15, 0.2) is 0 Å². The van der Waals surface area contributed by atoms with Crippen molar-refractivity contribution >= 4 is 0 Å². The minimum absolute atomic E-state index is 0.104. The van der Waals surface area contributed by atoms with Gasteiger partial charge in [0, 0.05) is 0 Å². The molecule has 1 N–H and O–H groups in total. The zero-order valence-corrected chi connectivity index (χ0v) is 7.44. The molecule has 1 nitrogen and oxygen atoms in total. The molecule has 0 aromatic heterocycles. The molecule has 0 spiro atoms. The Bertz CT molecular complexity index is 136. The summed E-state index contributed by atoms with van der Waals surface area (Å²) in [4.78, 5) is 0. The summed E-state index contributed by atoms with van der Waals surface area (Å²) in [5.74, 6) is 0.655. The molecule has 1 heteroatoms. The van der Waals surface area contributed by atoms with E-state index in [1.807, 2.05) is 6.92 Å². The normalized spacial score (nSPS) is 45.9. The molecule has 0 radical (unpaired) electrons. The smallest absolute Gasteiger partial charge is 0.0673 e. The van der Waals surface area contributed by atoms with Crippen molar-refractivity contribution in [2.75, 3.05) is 0 Å². The van der Waals surface area contributed by atoms with Crippen LogP contribution in [0.5, 0.6) is 0 Å². The Hall–Kier alpha value is -0.0400. The van der Waals surface area contributed by atoms with Crippen LogP contribution in [0.1, 0.15) is 40.5 Å². The summed E-state index contributed by atoms with van der Waals surface area (Å²) in [5.41, 5.74) is -0.334. The van der Waals surface area contributed by atoms with Crippen LogP contribution in [-0.2, 0) is 0 Å². The third kappa shape index (κ3) is 0.878. The topological polar surface area (TPSA) is 20.2 Å². The van der Waals surface area contributed by atoms with Gasteiger partial charge in [-0.05, 0) is 31.1 Å². The van der Waals surface area contributed by atoms with Crippen LogP contribution in [0, 0.1) is 11.3 Å². The lowest BCUT2D eigenvalue weighted by molar-refractivity contribution is -0.0395. The van der Waals surface area contributed by atoms with E-state index < -0.39 is 5.60 Å². The van der Waals surface area contributed by atoms with Crippen molar-refractivity contribution < 1.29 is 5.11 Å². The van der Waals surface area contributed by atoms with Crippen molar-refractivity contribution in [3.05, 3.63) is 0 Å². The summed E-state index contributed by atoms with van der Waals surface area (Å²) < 4.78 is 0. The van der Waals surface area contributed by atoms with Gasteiger partial charge in [0.25, 0.3) is 0 Å². The molecule has 0 aromatic carbocycles. The Kier molecular flexibility index (Phi) is 1.59. The average Bonchev–Trinajstić information content (AvgIpc) is 1.94. The number of rotatable bonds is 0. The first kappa shape index (κ1) is 8.06. The van der Waals surface area contributed by atoms with Crippen LogP contribution < -0.4 is 0 Å². The summed E-state index contributed by atoms with van der Waals surface area (Å²) in [6, 6.07) is 0. The Morgan fingerprint density at radius 1 is 1.30 bits per heavy atom. The highest BCUT2D eigenvalue weighted by Gasteiger charge is 2.48. The van der Waals surface area contributed by atoms with Gasteiger partial charge in [0.05, 0.1) is 5.60 Å². The molecule has 0 aliphatic heterocycles. The van der Waals surface area contributed by atoms with E-state index in [-0.39, 0.29) is 5.41 Å². The molecule has 2 atom stereocenters. The predicted molar refractivity (Wildman–Crippen MR) is 42.8 cm³/mol. The maximum absolute atomic E-state index is 9.89. The van der Waals surface area contributed by atoms with E-state index in [9.17, 15) is 5.11 Å². The third-order valence-electron chi connectivity index (χ3n) is 3.68. The lowest BCUT2D eigenvalue weighted by Crippen LogP contribution is -2.39. The highest BCUT2D eigenvalue weighted by Crippen LogP contribution is 2.49. The van der Waals surface area contributed by atoms with Gasteiger partial charge in [0.15, 0.2) is 0 Å². The molecule has 0 unspecified atom stereocenters. The van der Waals surface area contributed by atoms with Crippen molar-refractivity contribution in [1.29, 1.82) is 0 Å². The van der Waals surface area contributed by atoms with E-state index in [1.165, 1.54) is 6.42 Å². The molecule has 1 saturated carbocycles. The molecular weight excluding hydrogens is 124 g/mol. The molecule has 1 aliphatic rings. The number of hydrogen-bond acceptors (Lipinski definition) is 1.